The summed E-state index contributed by atoms with van der Waals surface area (Å²) in [5.41, 5.74) is 1.78. The van der Waals surface area contributed by atoms with Crippen LogP contribution >= 0.6 is 11.3 Å². The third kappa shape index (κ3) is 3.03. The first-order valence-electron chi connectivity index (χ1n) is 5.95. The fraction of sp³-hybridized carbons (Fsp3) is 0.214. The molecule has 0 aliphatic rings. The monoisotopic (exact) mass is 290 g/mol. The van der Waals surface area contributed by atoms with Crippen LogP contribution in [0.3, 0.4) is 0 Å². The summed E-state index contributed by atoms with van der Waals surface area (Å²) in [7, 11) is 1.33. The van der Waals surface area contributed by atoms with Gasteiger partial charge in [0.15, 0.2) is 0 Å². The van der Waals surface area contributed by atoms with Crippen molar-refractivity contribution in [1.82, 2.24) is 4.98 Å². The van der Waals surface area contributed by atoms with E-state index in [1.165, 1.54) is 18.4 Å². The molecule has 1 heterocycles. The highest BCUT2D eigenvalue weighted by molar-refractivity contribution is 7.13. The van der Waals surface area contributed by atoms with Crippen LogP contribution in [-0.4, -0.2) is 24.0 Å². The van der Waals surface area contributed by atoms with Crippen molar-refractivity contribution in [2.24, 2.45) is 0 Å². The summed E-state index contributed by atoms with van der Waals surface area (Å²) in [5, 5.41) is 3.63. The van der Waals surface area contributed by atoms with Crippen molar-refractivity contribution in [2.75, 3.05) is 12.4 Å². The molecule has 2 rings (SSSR count). The normalized spacial score (nSPS) is 10.2. The van der Waals surface area contributed by atoms with E-state index < -0.39 is 5.97 Å². The lowest BCUT2D eigenvalue weighted by atomic mass is 10.2. The van der Waals surface area contributed by atoms with Crippen LogP contribution in [0.2, 0.25) is 0 Å². The topological polar surface area (TPSA) is 68.3 Å². The summed E-state index contributed by atoms with van der Waals surface area (Å²) in [6.07, 6.45) is 0. The number of ether oxygens (including phenoxy) is 1. The van der Waals surface area contributed by atoms with Gasteiger partial charge < -0.3 is 10.1 Å². The third-order valence-corrected chi connectivity index (χ3v) is 3.75. The van der Waals surface area contributed by atoms with Gasteiger partial charge in [0.1, 0.15) is 4.88 Å². The minimum Gasteiger partial charge on any atom is -0.465 e. The van der Waals surface area contributed by atoms with E-state index >= 15 is 0 Å². The fourth-order valence-corrected chi connectivity index (χ4v) is 2.55. The summed E-state index contributed by atoms with van der Waals surface area (Å²) in [4.78, 5) is 28.2. The number of thiazole rings is 1. The van der Waals surface area contributed by atoms with E-state index in [2.05, 4.69) is 15.0 Å². The largest absolute Gasteiger partial charge is 0.465 e. The molecule has 0 saturated heterocycles. The second kappa shape index (κ2) is 5.83. The number of rotatable bonds is 3. The molecule has 20 heavy (non-hydrogen) atoms. The van der Waals surface area contributed by atoms with Crippen molar-refractivity contribution in [3.05, 3.63) is 45.4 Å². The molecule has 0 aliphatic heterocycles. The van der Waals surface area contributed by atoms with E-state index in [0.29, 0.717) is 16.1 Å². The Morgan fingerprint density at radius 1 is 1.20 bits per heavy atom. The molecule has 0 spiro atoms. The van der Waals surface area contributed by atoms with E-state index in [0.717, 1.165) is 10.7 Å². The molecule has 6 heteroatoms. The summed E-state index contributed by atoms with van der Waals surface area (Å²) >= 11 is 1.36. The number of nitrogens with zero attached hydrogens (tertiary/aromatic N) is 1. The molecule has 0 fully saturated rings. The maximum atomic E-state index is 12.1. The molecule has 0 aliphatic carbocycles. The number of anilines is 1. The van der Waals surface area contributed by atoms with Gasteiger partial charge in [-0.3, -0.25) is 4.79 Å². The Balaban J connectivity index is 2.12. The van der Waals surface area contributed by atoms with Gasteiger partial charge >= 0.3 is 5.97 Å². The van der Waals surface area contributed by atoms with Crippen molar-refractivity contribution in [3.8, 4) is 0 Å². The number of hydrogen-bond donors (Lipinski definition) is 1. The van der Waals surface area contributed by atoms with Gasteiger partial charge in [0.05, 0.1) is 23.4 Å². The molecule has 104 valence electrons. The first-order chi connectivity index (χ1) is 9.51. The predicted octanol–water partition coefficient (Wildman–Crippen LogP) is 2.80. The second-order valence-electron chi connectivity index (χ2n) is 4.17. The number of nitrogens with one attached hydrogen (secondary N) is 1. The van der Waals surface area contributed by atoms with Gasteiger partial charge in [-0.2, -0.15) is 0 Å². The molecule has 2 aromatic rings. The lowest BCUT2D eigenvalue weighted by Crippen LogP contribution is -2.11. The number of amides is 1. The van der Waals surface area contributed by atoms with Crippen molar-refractivity contribution >= 4 is 28.9 Å². The van der Waals surface area contributed by atoms with E-state index in [4.69, 9.17) is 0 Å². The first-order valence-corrected chi connectivity index (χ1v) is 6.76. The number of carbonyl (C=O) groups is 2. The average molecular weight is 290 g/mol. The zero-order valence-electron chi connectivity index (χ0n) is 11.4. The van der Waals surface area contributed by atoms with Crippen LogP contribution < -0.4 is 5.32 Å². The van der Waals surface area contributed by atoms with E-state index in [9.17, 15) is 9.59 Å². The number of esters is 1. The Bertz CT molecular complexity index is 647. The number of carbonyl (C=O) groups excluding carboxylic acids is 2. The fourth-order valence-electron chi connectivity index (χ4n) is 1.74. The Morgan fingerprint density at radius 2 is 1.85 bits per heavy atom. The molecule has 1 N–H and O–H groups in total. The molecule has 0 bridgehead atoms. The van der Waals surface area contributed by atoms with E-state index in [-0.39, 0.29) is 5.91 Å². The van der Waals surface area contributed by atoms with Crippen LogP contribution in [0, 0.1) is 13.8 Å². The molecular weight excluding hydrogens is 276 g/mol. The van der Waals surface area contributed by atoms with Gasteiger partial charge in [0.2, 0.25) is 0 Å². The third-order valence-electron chi connectivity index (χ3n) is 2.67. The highest BCUT2D eigenvalue weighted by Crippen LogP contribution is 2.19. The highest BCUT2D eigenvalue weighted by Gasteiger charge is 2.14. The Morgan fingerprint density at radius 3 is 2.35 bits per heavy atom. The van der Waals surface area contributed by atoms with Crippen molar-refractivity contribution in [1.29, 1.82) is 0 Å². The number of methoxy groups -OCH3 is 1. The molecular formula is C14H14N2O3S. The summed E-state index contributed by atoms with van der Waals surface area (Å²) in [5.74, 6) is -0.601. The zero-order valence-corrected chi connectivity index (χ0v) is 12.2. The van der Waals surface area contributed by atoms with Crippen molar-refractivity contribution < 1.29 is 14.3 Å². The number of hydrogen-bond acceptors (Lipinski definition) is 5. The zero-order chi connectivity index (χ0) is 14.7. The van der Waals surface area contributed by atoms with Crippen molar-refractivity contribution in [3.63, 3.8) is 0 Å². The molecule has 1 aromatic heterocycles. The maximum Gasteiger partial charge on any atom is 0.337 e. The van der Waals surface area contributed by atoms with E-state index in [1.807, 2.05) is 6.92 Å². The lowest BCUT2D eigenvalue weighted by Gasteiger charge is -2.05. The minimum atomic E-state index is -0.406. The molecule has 0 saturated carbocycles. The smallest absolute Gasteiger partial charge is 0.337 e. The molecule has 5 nitrogen and oxygen atoms in total. The Labute approximate surface area is 120 Å². The summed E-state index contributed by atoms with van der Waals surface area (Å²) < 4.78 is 4.61. The standard InChI is InChI=1S/C14H14N2O3S/c1-8-12(20-9(2)15-8)13(17)16-11-6-4-10(5-7-11)14(18)19-3/h4-7H,1-3H3,(H,16,17). The molecule has 1 amide bonds. The maximum absolute atomic E-state index is 12.1. The molecule has 1 aromatic carbocycles. The van der Waals surface area contributed by atoms with Crippen LogP contribution in [0.4, 0.5) is 5.69 Å². The van der Waals surface area contributed by atoms with Gasteiger partial charge in [0, 0.05) is 5.69 Å². The Kier molecular flexibility index (Phi) is 4.14. The number of benzene rings is 1. The molecule has 0 radical (unpaired) electrons. The predicted molar refractivity (Wildman–Crippen MR) is 77.3 cm³/mol. The number of aryl methyl sites for hydroxylation is 2. The second-order valence-corrected chi connectivity index (χ2v) is 5.37. The summed E-state index contributed by atoms with van der Waals surface area (Å²) in [6, 6.07) is 6.53. The van der Waals surface area contributed by atoms with Crippen LogP contribution in [0.15, 0.2) is 24.3 Å². The van der Waals surface area contributed by atoms with Gasteiger partial charge in [-0.1, -0.05) is 0 Å². The molecule has 0 unspecified atom stereocenters. The minimum absolute atomic E-state index is 0.195. The first kappa shape index (κ1) is 14.2. The number of aromatic nitrogens is 1. The summed E-state index contributed by atoms with van der Waals surface area (Å²) in [6.45, 7) is 3.67. The Hall–Kier alpha value is -2.21. The van der Waals surface area contributed by atoms with E-state index in [1.54, 1.807) is 31.2 Å². The van der Waals surface area contributed by atoms with Gasteiger partial charge in [-0.15, -0.1) is 11.3 Å². The van der Waals surface area contributed by atoms with Crippen LogP contribution in [0.5, 0.6) is 0 Å². The quantitative estimate of drug-likeness (QED) is 0.883. The molecule has 0 atom stereocenters. The highest BCUT2D eigenvalue weighted by atomic mass is 32.1. The SMILES string of the molecule is COC(=O)c1ccc(NC(=O)c2sc(C)nc2C)cc1. The van der Waals surface area contributed by atoms with Crippen LogP contribution in [0.25, 0.3) is 0 Å². The van der Waals surface area contributed by atoms with Crippen molar-refractivity contribution in [2.45, 2.75) is 13.8 Å². The van der Waals surface area contributed by atoms with Gasteiger partial charge in [0.25, 0.3) is 5.91 Å². The van der Waals surface area contributed by atoms with Crippen LogP contribution in [-0.2, 0) is 4.74 Å². The van der Waals surface area contributed by atoms with Crippen LogP contribution in [0.1, 0.15) is 30.7 Å². The lowest BCUT2D eigenvalue weighted by molar-refractivity contribution is 0.0600. The van der Waals surface area contributed by atoms with Gasteiger partial charge in [-0.05, 0) is 38.1 Å². The average Bonchev–Trinajstić information content (AvgIpc) is 2.78. The van der Waals surface area contributed by atoms with Gasteiger partial charge in [-0.25, -0.2) is 9.78 Å².